The van der Waals surface area contributed by atoms with E-state index in [1.807, 2.05) is 6.92 Å². The summed E-state index contributed by atoms with van der Waals surface area (Å²) in [5.74, 6) is 0.239. The summed E-state index contributed by atoms with van der Waals surface area (Å²) in [6.45, 7) is 3.57. The number of unbranched alkanes of at least 4 members (excludes halogenated alkanes) is 1. The topological polar surface area (TPSA) is 46.6 Å². The van der Waals surface area contributed by atoms with E-state index in [1.165, 1.54) is 0 Å². The molecule has 4 nitrogen and oxygen atoms in total. The molecule has 0 aromatic heterocycles. The molecule has 1 aliphatic heterocycles. The summed E-state index contributed by atoms with van der Waals surface area (Å²) in [4.78, 5) is 23.9. The van der Waals surface area contributed by atoms with Gasteiger partial charge in [0, 0.05) is 25.9 Å². The second-order valence-electron chi connectivity index (χ2n) is 3.49. The van der Waals surface area contributed by atoms with Crippen molar-refractivity contribution in [3.8, 4) is 0 Å². The predicted octanol–water partition coefficient (Wildman–Crippen LogP) is 1.59. The van der Waals surface area contributed by atoms with E-state index in [9.17, 15) is 9.59 Å². The van der Waals surface area contributed by atoms with Crippen molar-refractivity contribution in [3.05, 3.63) is 0 Å². The molecule has 0 saturated carbocycles. The minimum Gasteiger partial charge on any atom is -0.449 e. The van der Waals surface area contributed by atoms with Crippen molar-refractivity contribution in [1.82, 2.24) is 4.90 Å². The minimum atomic E-state index is -0.272. The van der Waals surface area contributed by atoms with Gasteiger partial charge in [0.25, 0.3) is 0 Å². The number of Topliss-reactive ketones (excluding diaryl/α,β-unsaturated/α-hetero) is 1. The molecule has 80 valence electrons. The molecule has 0 bridgehead atoms. The lowest BCUT2D eigenvalue weighted by atomic mass is 10.1. The van der Waals surface area contributed by atoms with Crippen LogP contribution in [0.2, 0.25) is 0 Å². The van der Waals surface area contributed by atoms with E-state index in [0.717, 1.165) is 12.8 Å². The summed E-state index contributed by atoms with van der Waals surface area (Å²) in [7, 11) is 0. The first-order valence-electron chi connectivity index (χ1n) is 5.17. The number of rotatable bonds is 3. The van der Waals surface area contributed by atoms with Gasteiger partial charge in [-0.1, -0.05) is 13.3 Å². The number of ether oxygens (including phenoxy) is 1. The summed E-state index contributed by atoms with van der Waals surface area (Å²) < 4.78 is 5.03. The summed E-state index contributed by atoms with van der Waals surface area (Å²) >= 11 is 0. The number of nitrogens with zero attached hydrogens (tertiary/aromatic N) is 1. The molecule has 1 fully saturated rings. The molecule has 0 N–H and O–H groups in total. The third kappa shape index (κ3) is 3.36. The second-order valence-corrected chi connectivity index (χ2v) is 3.49. The Balaban J connectivity index is 2.20. The van der Waals surface area contributed by atoms with Crippen LogP contribution < -0.4 is 0 Å². The molecule has 14 heavy (non-hydrogen) atoms. The summed E-state index contributed by atoms with van der Waals surface area (Å²) in [6, 6.07) is 0. The van der Waals surface area contributed by atoms with E-state index in [-0.39, 0.29) is 11.9 Å². The molecule has 0 aromatic rings. The molecular formula is C10H17NO3. The molecule has 1 amide bonds. The first-order chi connectivity index (χ1) is 6.74. The van der Waals surface area contributed by atoms with Crippen LogP contribution in [0.15, 0.2) is 0 Å². The zero-order valence-electron chi connectivity index (χ0n) is 8.62. The molecule has 1 aliphatic rings. The van der Waals surface area contributed by atoms with Gasteiger partial charge in [-0.15, -0.1) is 0 Å². The molecule has 0 aliphatic carbocycles. The Morgan fingerprint density at radius 3 is 2.64 bits per heavy atom. The minimum absolute atomic E-state index is 0.239. The maximum Gasteiger partial charge on any atom is 0.409 e. The summed E-state index contributed by atoms with van der Waals surface area (Å²) in [6.07, 6.45) is 2.60. The first kappa shape index (κ1) is 11.0. The largest absolute Gasteiger partial charge is 0.449 e. The van der Waals surface area contributed by atoms with Gasteiger partial charge in [-0.2, -0.15) is 0 Å². The highest BCUT2D eigenvalue weighted by Crippen LogP contribution is 2.07. The highest BCUT2D eigenvalue weighted by atomic mass is 16.6. The van der Waals surface area contributed by atoms with Crippen molar-refractivity contribution in [2.75, 3.05) is 19.7 Å². The fraction of sp³-hybridized carbons (Fsp3) is 0.800. The Bertz CT molecular complexity index is 205. The monoisotopic (exact) mass is 199 g/mol. The maximum absolute atomic E-state index is 11.4. The number of carbonyl (C=O) groups is 2. The van der Waals surface area contributed by atoms with Crippen molar-refractivity contribution in [3.63, 3.8) is 0 Å². The predicted molar refractivity (Wildman–Crippen MR) is 52.1 cm³/mol. The van der Waals surface area contributed by atoms with E-state index in [2.05, 4.69) is 0 Å². The molecule has 4 heteroatoms. The molecule has 1 rings (SSSR count). The van der Waals surface area contributed by atoms with E-state index >= 15 is 0 Å². The van der Waals surface area contributed by atoms with Crippen LogP contribution in [0.1, 0.15) is 32.6 Å². The number of carbonyl (C=O) groups excluding carboxylic acids is 2. The van der Waals surface area contributed by atoms with Crippen LogP contribution in [0.5, 0.6) is 0 Å². The molecule has 0 radical (unpaired) electrons. The number of amides is 1. The average molecular weight is 199 g/mol. The third-order valence-corrected chi connectivity index (χ3v) is 2.30. The van der Waals surface area contributed by atoms with Gasteiger partial charge >= 0.3 is 6.09 Å². The van der Waals surface area contributed by atoms with Gasteiger partial charge in [0.1, 0.15) is 5.78 Å². The number of likely N-dealkylation sites (tertiary alicyclic amines) is 1. The molecule has 0 unspecified atom stereocenters. The van der Waals surface area contributed by atoms with Crippen molar-refractivity contribution < 1.29 is 14.3 Å². The Morgan fingerprint density at radius 2 is 2.07 bits per heavy atom. The highest BCUT2D eigenvalue weighted by molar-refractivity contribution is 5.81. The Morgan fingerprint density at radius 1 is 1.43 bits per heavy atom. The van der Waals surface area contributed by atoms with Crippen LogP contribution in [0.3, 0.4) is 0 Å². The van der Waals surface area contributed by atoms with Crippen LogP contribution in [-0.2, 0) is 9.53 Å². The van der Waals surface area contributed by atoms with Gasteiger partial charge in [-0.3, -0.25) is 4.79 Å². The zero-order chi connectivity index (χ0) is 10.4. The van der Waals surface area contributed by atoms with E-state index in [1.54, 1.807) is 4.90 Å². The number of hydrogen-bond donors (Lipinski definition) is 0. The molecular weight excluding hydrogens is 182 g/mol. The van der Waals surface area contributed by atoms with Crippen molar-refractivity contribution >= 4 is 11.9 Å². The van der Waals surface area contributed by atoms with Gasteiger partial charge in [0.2, 0.25) is 0 Å². The summed E-state index contributed by atoms with van der Waals surface area (Å²) in [5.41, 5.74) is 0. The van der Waals surface area contributed by atoms with Gasteiger partial charge in [0.15, 0.2) is 0 Å². The van der Waals surface area contributed by atoms with E-state index in [4.69, 9.17) is 4.74 Å². The first-order valence-corrected chi connectivity index (χ1v) is 5.17. The van der Waals surface area contributed by atoms with Gasteiger partial charge < -0.3 is 9.64 Å². The molecule has 1 heterocycles. The number of ketones is 1. The molecule has 0 spiro atoms. The molecule has 1 saturated heterocycles. The highest BCUT2D eigenvalue weighted by Gasteiger charge is 2.21. The maximum atomic E-state index is 11.4. The van der Waals surface area contributed by atoms with Crippen molar-refractivity contribution in [1.29, 1.82) is 0 Å². The van der Waals surface area contributed by atoms with Gasteiger partial charge in [-0.25, -0.2) is 4.79 Å². The van der Waals surface area contributed by atoms with Crippen molar-refractivity contribution in [2.24, 2.45) is 0 Å². The van der Waals surface area contributed by atoms with Gasteiger partial charge in [-0.05, 0) is 6.42 Å². The SMILES string of the molecule is CCCCOC(=O)N1CCC(=O)CC1. The summed E-state index contributed by atoms with van der Waals surface area (Å²) in [5, 5.41) is 0. The van der Waals surface area contributed by atoms with E-state index < -0.39 is 0 Å². The lowest BCUT2D eigenvalue weighted by Crippen LogP contribution is -2.39. The van der Waals surface area contributed by atoms with Crippen LogP contribution >= 0.6 is 0 Å². The standard InChI is InChI=1S/C10H17NO3/c1-2-3-8-14-10(13)11-6-4-9(12)5-7-11/h2-8H2,1H3. The fourth-order valence-corrected chi connectivity index (χ4v) is 1.33. The third-order valence-electron chi connectivity index (χ3n) is 2.30. The fourth-order valence-electron chi connectivity index (χ4n) is 1.33. The van der Waals surface area contributed by atoms with Crippen LogP contribution in [-0.4, -0.2) is 36.5 Å². The Hall–Kier alpha value is -1.06. The van der Waals surface area contributed by atoms with Crippen LogP contribution in [0, 0.1) is 0 Å². The molecule has 0 aromatic carbocycles. The number of hydrogen-bond acceptors (Lipinski definition) is 3. The quantitative estimate of drug-likeness (QED) is 0.648. The smallest absolute Gasteiger partial charge is 0.409 e. The second kappa shape index (κ2) is 5.62. The Kier molecular flexibility index (Phi) is 4.43. The van der Waals surface area contributed by atoms with Crippen molar-refractivity contribution in [2.45, 2.75) is 32.6 Å². The lowest BCUT2D eigenvalue weighted by molar-refractivity contribution is -0.121. The average Bonchev–Trinajstić information content (AvgIpc) is 2.19. The van der Waals surface area contributed by atoms with E-state index in [0.29, 0.717) is 32.5 Å². The van der Waals surface area contributed by atoms with Crippen LogP contribution in [0.4, 0.5) is 4.79 Å². The zero-order valence-corrected chi connectivity index (χ0v) is 8.62. The lowest BCUT2D eigenvalue weighted by Gasteiger charge is -2.25. The Labute approximate surface area is 84.2 Å². The van der Waals surface area contributed by atoms with Gasteiger partial charge in [0.05, 0.1) is 6.61 Å². The normalized spacial score (nSPS) is 16.9. The molecule has 0 atom stereocenters. The number of piperidine rings is 1. The van der Waals surface area contributed by atoms with Crippen LogP contribution in [0.25, 0.3) is 0 Å².